The molecule has 0 fully saturated rings. The molecule has 1 aromatic heterocycles. The Labute approximate surface area is 340 Å². The first-order chi connectivity index (χ1) is 28.3. The van der Waals surface area contributed by atoms with E-state index in [1.54, 1.807) is 0 Å². The molecule has 2 aliphatic carbocycles. The number of rotatable bonds is 5. The van der Waals surface area contributed by atoms with Crippen molar-refractivity contribution in [1.82, 2.24) is 9.97 Å². The fraction of sp³-hybridized carbons (Fsp3) is 0.107. The maximum atomic E-state index is 5.23. The van der Waals surface area contributed by atoms with Crippen molar-refractivity contribution in [3.8, 4) is 78.4 Å². The molecule has 9 aromatic rings. The summed E-state index contributed by atoms with van der Waals surface area (Å²) in [6.45, 7) is 9.42. The molecule has 0 bridgehead atoms. The second-order valence-electron chi connectivity index (χ2n) is 17.0. The molecule has 0 atom stereocenters. The molecule has 2 nitrogen and oxygen atoms in total. The van der Waals surface area contributed by atoms with Crippen molar-refractivity contribution in [2.45, 2.75) is 38.5 Å². The maximum absolute atomic E-state index is 5.23. The third kappa shape index (κ3) is 5.25. The molecular weight excluding hydrogens is 701 g/mol. The molecule has 8 aromatic carbocycles. The van der Waals surface area contributed by atoms with E-state index in [4.69, 9.17) is 9.97 Å². The highest BCUT2D eigenvalue weighted by molar-refractivity contribution is 5.99. The molecule has 0 saturated heterocycles. The van der Waals surface area contributed by atoms with Crippen molar-refractivity contribution in [3.05, 3.63) is 204 Å². The lowest BCUT2D eigenvalue weighted by atomic mass is 9.79. The minimum absolute atomic E-state index is 0.0876. The molecule has 58 heavy (non-hydrogen) atoms. The topological polar surface area (TPSA) is 25.8 Å². The first-order valence-electron chi connectivity index (χ1n) is 20.3. The first kappa shape index (κ1) is 34.4. The lowest BCUT2D eigenvalue weighted by molar-refractivity contribution is 0.661. The highest BCUT2D eigenvalue weighted by Gasteiger charge is 2.38. The van der Waals surface area contributed by atoms with E-state index < -0.39 is 0 Å². The zero-order valence-electron chi connectivity index (χ0n) is 33.2. The van der Waals surface area contributed by atoms with Crippen molar-refractivity contribution in [2.24, 2.45) is 0 Å². The molecule has 0 unspecified atom stereocenters. The normalized spacial score (nSPS) is 14.1. The molecule has 2 aliphatic rings. The Balaban J connectivity index is 1.01. The molecule has 0 aliphatic heterocycles. The number of fused-ring (bicyclic) bond motifs is 7. The molecule has 0 radical (unpaired) electrons. The minimum atomic E-state index is -0.105. The fourth-order valence-corrected chi connectivity index (χ4v) is 9.93. The Bertz CT molecular complexity index is 3100. The second kappa shape index (κ2) is 12.8. The lowest BCUT2D eigenvalue weighted by Gasteiger charge is -2.24. The number of nitrogens with zero attached hydrogens (tertiary/aromatic N) is 2. The largest absolute Gasteiger partial charge is 0.228 e. The van der Waals surface area contributed by atoms with Gasteiger partial charge in [0.2, 0.25) is 0 Å². The summed E-state index contributed by atoms with van der Waals surface area (Å²) >= 11 is 0. The van der Waals surface area contributed by atoms with Gasteiger partial charge >= 0.3 is 0 Å². The summed E-state index contributed by atoms with van der Waals surface area (Å²) in [5.74, 6) is 0.714. The Morgan fingerprint density at radius 3 is 1.71 bits per heavy atom. The molecule has 0 spiro atoms. The zero-order valence-corrected chi connectivity index (χ0v) is 33.2. The van der Waals surface area contributed by atoms with Gasteiger partial charge in [0.15, 0.2) is 5.82 Å². The average molecular weight is 743 g/mol. The van der Waals surface area contributed by atoms with Gasteiger partial charge < -0.3 is 0 Å². The summed E-state index contributed by atoms with van der Waals surface area (Å²) < 4.78 is 0. The van der Waals surface area contributed by atoms with Crippen LogP contribution in [0.25, 0.3) is 89.2 Å². The highest BCUT2D eigenvalue weighted by Crippen LogP contribution is 2.54. The van der Waals surface area contributed by atoms with Crippen LogP contribution in [0.3, 0.4) is 0 Å². The van der Waals surface area contributed by atoms with E-state index in [9.17, 15) is 0 Å². The van der Waals surface area contributed by atoms with Gasteiger partial charge in [-0.1, -0.05) is 185 Å². The van der Waals surface area contributed by atoms with E-state index in [1.165, 1.54) is 77.5 Å². The lowest BCUT2D eigenvalue weighted by Crippen LogP contribution is -2.16. The van der Waals surface area contributed by atoms with Crippen molar-refractivity contribution in [3.63, 3.8) is 0 Å². The van der Waals surface area contributed by atoms with Gasteiger partial charge in [-0.3, -0.25) is 0 Å². The summed E-state index contributed by atoms with van der Waals surface area (Å²) in [6.07, 6.45) is 0. The van der Waals surface area contributed by atoms with Crippen LogP contribution in [0.1, 0.15) is 49.9 Å². The van der Waals surface area contributed by atoms with Gasteiger partial charge in [0.05, 0.1) is 11.4 Å². The van der Waals surface area contributed by atoms with Gasteiger partial charge in [-0.15, -0.1) is 0 Å². The van der Waals surface area contributed by atoms with Gasteiger partial charge in [-0.2, -0.15) is 0 Å². The molecule has 0 N–H and O–H groups in total. The highest BCUT2D eigenvalue weighted by atomic mass is 14.9. The Morgan fingerprint density at radius 2 is 0.897 bits per heavy atom. The van der Waals surface area contributed by atoms with Crippen LogP contribution in [-0.2, 0) is 10.8 Å². The van der Waals surface area contributed by atoms with E-state index in [1.807, 2.05) is 6.07 Å². The molecule has 2 heteroatoms. The minimum Gasteiger partial charge on any atom is -0.228 e. The Kier molecular flexibility index (Phi) is 7.59. The second-order valence-corrected chi connectivity index (χ2v) is 17.0. The van der Waals surface area contributed by atoms with Gasteiger partial charge in [0.25, 0.3) is 0 Å². The maximum Gasteiger partial charge on any atom is 0.160 e. The van der Waals surface area contributed by atoms with Crippen molar-refractivity contribution < 1.29 is 0 Å². The molecule has 0 saturated carbocycles. The van der Waals surface area contributed by atoms with Crippen LogP contribution in [0.15, 0.2) is 182 Å². The van der Waals surface area contributed by atoms with E-state index >= 15 is 0 Å². The predicted molar refractivity (Wildman–Crippen MR) is 242 cm³/mol. The number of benzene rings is 8. The molecule has 0 amide bonds. The van der Waals surface area contributed by atoms with Crippen LogP contribution in [-0.4, -0.2) is 9.97 Å². The van der Waals surface area contributed by atoms with Crippen LogP contribution in [0.4, 0.5) is 0 Å². The molecule has 1 heterocycles. The monoisotopic (exact) mass is 742 g/mol. The van der Waals surface area contributed by atoms with Crippen LogP contribution in [0, 0.1) is 0 Å². The van der Waals surface area contributed by atoms with E-state index in [2.05, 4.69) is 204 Å². The third-order valence-electron chi connectivity index (χ3n) is 12.9. The van der Waals surface area contributed by atoms with Gasteiger partial charge in [-0.05, 0) is 102 Å². The zero-order chi connectivity index (χ0) is 39.2. The molecule has 276 valence electrons. The SMILES string of the molecule is CC1(C)c2cc3ccccc3cc2-c2c(-c3cccc(-c4cc(-c5ccc(-c6cccc7c6C(C)(C)c6ccccc6-7)cc5)nc(-c5ccccc5)n4)c3)cccc21. The molecular formula is C56H42N2. The number of aromatic nitrogens is 2. The van der Waals surface area contributed by atoms with Crippen LogP contribution in [0.5, 0.6) is 0 Å². The number of hydrogen-bond acceptors (Lipinski definition) is 2. The van der Waals surface area contributed by atoms with E-state index in [0.717, 1.165) is 28.1 Å². The standard InChI is InChI=1S/C56H42N2/c1-55(2)48-26-14-22-42(52(48)46-32-38-17-8-9-18-39(38)33-49(46)55)40-19-12-20-41(31-40)51-34-50(57-54(58-51)37-15-6-5-7-16-37)36-29-27-35(28-30-36)43-23-13-24-45-44-21-10-11-25-47(44)56(3,4)53(43)45/h5-34H,1-4H3. The van der Waals surface area contributed by atoms with Gasteiger partial charge in [0, 0.05) is 27.5 Å². The van der Waals surface area contributed by atoms with Crippen molar-refractivity contribution >= 4 is 10.8 Å². The number of hydrogen-bond donors (Lipinski definition) is 0. The van der Waals surface area contributed by atoms with Crippen LogP contribution >= 0.6 is 0 Å². The summed E-state index contributed by atoms with van der Waals surface area (Å²) in [6, 6.07) is 66.2. The summed E-state index contributed by atoms with van der Waals surface area (Å²) in [4.78, 5) is 10.4. The summed E-state index contributed by atoms with van der Waals surface area (Å²) in [5, 5.41) is 2.55. The fourth-order valence-electron chi connectivity index (χ4n) is 9.93. The summed E-state index contributed by atoms with van der Waals surface area (Å²) in [7, 11) is 0. The Hall–Kier alpha value is -6.90. The molecule has 11 rings (SSSR count). The van der Waals surface area contributed by atoms with Crippen molar-refractivity contribution in [2.75, 3.05) is 0 Å². The average Bonchev–Trinajstić information content (AvgIpc) is 3.65. The van der Waals surface area contributed by atoms with E-state index in [0.29, 0.717) is 5.82 Å². The first-order valence-corrected chi connectivity index (χ1v) is 20.3. The smallest absolute Gasteiger partial charge is 0.160 e. The third-order valence-corrected chi connectivity index (χ3v) is 12.9. The predicted octanol–water partition coefficient (Wildman–Crippen LogP) is 14.6. The van der Waals surface area contributed by atoms with Gasteiger partial charge in [0.1, 0.15) is 0 Å². The van der Waals surface area contributed by atoms with Crippen LogP contribution < -0.4 is 0 Å². The van der Waals surface area contributed by atoms with E-state index in [-0.39, 0.29) is 10.8 Å². The van der Waals surface area contributed by atoms with Crippen LogP contribution in [0.2, 0.25) is 0 Å². The summed E-state index contributed by atoms with van der Waals surface area (Å²) in [5.41, 5.74) is 20.5. The quantitative estimate of drug-likeness (QED) is 0.175. The van der Waals surface area contributed by atoms with Gasteiger partial charge in [-0.25, -0.2) is 9.97 Å². The van der Waals surface area contributed by atoms with Crippen molar-refractivity contribution in [1.29, 1.82) is 0 Å². The Morgan fingerprint density at radius 1 is 0.328 bits per heavy atom.